The molecule has 3 aromatic rings. The summed E-state index contributed by atoms with van der Waals surface area (Å²) in [5.74, 6) is -1.40. The molecule has 0 aliphatic rings. The zero-order valence-electron chi connectivity index (χ0n) is 16.3. The molecule has 0 saturated heterocycles. The van der Waals surface area contributed by atoms with Gasteiger partial charge in [0.15, 0.2) is 5.69 Å². The largest absolute Gasteiger partial charge is 0.383 e. The fourth-order valence-corrected chi connectivity index (χ4v) is 3.04. The van der Waals surface area contributed by atoms with Crippen LogP contribution in [-0.4, -0.2) is 29.2 Å². The molecule has 3 rings (SSSR count). The number of amides is 1. The van der Waals surface area contributed by atoms with E-state index < -0.39 is 23.0 Å². The number of methoxy groups -OCH3 is 1. The highest BCUT2D eigenvalue weighted by atomic mass is 19.1. The van der Waals surface area contributed by atoms with Crippen LogP contribution in [0.5, 0.6) is 0 Å². The molecule has 3 N–H and O–H groups in total. The molecule has 0 aliphatic heterocycles. The summed E-state index contributed by atoms with van der Waals surface area (Å²) >= 11 is 0. The zero-order valence-corrected chi connectivity index (χ0v) is 16.3. The van der Waals surface area contributed by atoms with E-state index in [2.05, 4.69) is 4.98 Å². The normalized spacial score (nSPS) is 10.7. The van der Waals surface area contributed by atoms with Crippen molar-refractivity contribution in [3.05, 3.63) is 92.4 Å². The summed E-state index contributed by atoms with van der Waals surface area (Å²) in [5.41, 5.74) is 5.19. The summed E-state index contributed by atoms with van der Waals surface area (Å²) in [7, 11) is 1.46. The van der Waals surface area contributed by atoms with Gasteiger partial charge >= 0.3 is 5.69 Å². The second-order valence-electron chi connectivity index (χ2n) is 6.52. The summed E-state index contributed by atoms with van der Waals surface area (Å²) in [6, 6.07) is 14.1. The van der Waals surface area contributed by atoms with Crippen molar-refractivity contribution in [2.24, 2.45) is 0 Å². The molecule has 1 heterocycles. The summed E-state index contributed by atoms with van der Waals surface area (Å²) in [6.07, 6.45) is 0. The van der Waals surface area contributed by atoms with Crippen LogP contribution in [0.4, 0.5) is 15.9 Å². The Bertz CT molecular complexity index is 1160. The number of benzene rings is 2. The van der Waals surface area contributed by atoms with E-state index in [4.69, 9.17) is 10.5 Å². The number of carbonyl (C=O) groups is 1. The standard InChI is InChI=1S/C21H21FN4O4/c1-30-11-10-25-18(23)17(19(27)24-21(25)29)26(13-14-6-3-2-4-7-14)20(28)15-8-5-9-16(22)12-15/h2-9,12H,10-11,13,23H2,1H3,(H,24,27,29). The van der Waals surface area contributed by atoms with Crippen LogP contribution in [0.15, 0.2) is 64.2 Å². The number of nitrogens with zero attached hydrogens (tertiary/aromatic N) is 2. The maximum absolute atomic E-state index is 13.7. The molecule has 0 radical (unpaired) electrons. The van der Waals surface area contributed by atoms with Crippen molar-refractivity contribution in [1.82, 2.24) is 9.55 Å². The Labute approximate surface area is 171 Å². The first kappa shape index (κ1) is 21.0. The molecule has 2 aromatic carbocycles. The third-order valence-electron chi connectivity index (χ3n) is 4.50. The minimum absolute atomic E-state index is 0.00799. The van der Waals surface area contributed by atoms with Gasteiger partial charge in [-0.15, -0.1) is 0 Å². The van der Waals surface area contributed by atoms with Crippen LogP contribution in [0, 0.1) is 5.82 Å². The molecule has 0 bridgehead atoms. The molecule has 0 unspecified atom stereocenters. The minimum Gasteiger partial charge on any atom is -0.383 e. The van der Waals surface area contributed by atoms with E-state index in [-0.39, 0.29) is 36.8 Å². The number of nitrogens with two attached hydrogens (primary N) is 1. The van der Waals surface area contributed by atoms with Gasteiger partial charge in [-0.3, -0.25) is 24.0 Å². The Kier molecular flexibility index (Phi) is 6.43. The maximum atomic E-state index is 13.7. The number of anilines is 2. The topological polar surface area (TPSA) is 110 Å². The third-order valence-corrected chi connectivity index (χ3v) is 4.50. The number of hydrogen-bond donors (Lipinski definition) is 2. The summed E-state index contributed by atoms with van der Waals surface area (Å²) in [4.78, 5) is 41.5. The van der Waals surface area contributed by atoms with E-state index in [9.17, 15) is 18.8 Å². The number of nitrogen functional groups attached to an aromatic ring is 1. The van der Waals surface area contributed by atoms with Crippen molar-refractivity contribution >= 4 is 17.4 Å². The van der Waals surface area contributed by atoms with Gasteiger partial charge in [0.1, 0.15) is 11.6 Å². The van der Waals surface area contributed by atoms with Crippen molar-refractivity contribution < 1.29 is 13.9 Å². The maximum Gasteiger partial charge on any atom is 0.330 e. The number of hydrogen-bond acceptors (Lipinski definition) is 5. The van der Waals surface area contributed by atoms with Crippen molar-refractivity contribution in [2.45, 2.75) is 13.1 Å². The quantitative estimate of drug-likeness (QED) is 0.614. The van der Waals surface area contributed by atoms with Crippen molar-refractivity contribution in [3.8, 4) is 0 Å². The predicted molar refractivity (Wildman–Crippen MR) is 111 cm³/mol. The lowest BCUT2D eigenvalue weighted by Gasteiger charge is -2.25. The number of aromatic nitrogens is 2. The average molecular weight is 412 g/mol. The molecule has 1 aromatic heterocycles. The van der Waals surface area contributed by atoms with Gasteiger partial charge in [0.25, 0.3) is 11.5 Å². The lowest BCUT2D eigenvalue weighted by molar-refractivity contribution is 0.0984. The second kappa shape index (κ2) is 9.19. The van der Waals surface area contributed by atoms with Crippen LogP contribution in [0.25, 0.3) is 0 Å². The smallest absolute Gasteiger partial charge is 0.330 e. The van der Waals surface area contributed by atoms with Crippen molar-refractivity contribution in [3.63, 3.8) is 0 Å². The van der Waals surface area contributed by atoms with Gasteiger partial charge in [-0.1, -0.05) is 36.4 Å². The molecule has 8 nitrogen and oxygen atoms in total. The summed E-state index contributed by atoms with van der Waals surface area (Å²) in [5, 5.41) is 0. The summed E-state index contributed by atoms with van der Waals surface area (Å²) in [6.45, 7) is 0.246. The number of halogens is 1. The van der Waals surface area contributed by atoms with Crippen LogP contribution in [0.3, 0.4) is 0 Å². The van der Waals surface area contributed by atoms with Gasteiger partial charge in [-0.05, 0) is 23.8 Å². The highest BCUT2D eigenvalue weighted by Crippen LogP contribution is 2.22. The lowest BCUT2D eigenvalue weighted by atomic mass is 10.1. The van der Waals surface area contributed by atoms with E-state index in [1.165, 1.54) is 25.3 Å². The van der Waals surface area contributed by atoms with Gasteiger partial charge < -0.3 is 10.5 Å². The third kappa shape index (κ3) is 4.47. The molecule has 0 saturated carbocycles. The lowest BCUT2D eigenvalue weighted by Crippen LogP contribution is -2.41. The molecule has 0 spiro atoms. The molecular formula is C21H21FN4O4. The van der Waals surface area contributed by atoms with Crippen LogP contribution in [0.1, 0.15) is 15.9 Å². The van der Waals surface area contributed by atoms with Gasteiger partial charge in [0, 0.05) is 12.7 Å². The van der Waals surface area contributed by atoms with Gasteiger partial charge in [-0.2, -0.15) is 0 Å². The van der Waals surface area contributed by atoms with E-state index >= 15 is 0 Å². The van der Waals surface area contributed by atoms with E-state index in [1.807, 2.05) is 6.07 Å². The highest BCUT2D eigenvalue weighted by Gasteiger charge is 2.25. The molecule has 0 aliphatic carbocycles. The van der Waals surface area contributed by atoms with E-state index in [0.717, 1.165) is 21.1 Å². The van der Waals surface area contributed by atoms with Crippen LogP contribution in [-0.2, 0) is 17.8 Å². The highest BCUT2D eigenvalue weighted by molar-refractivity contribution is 6.07. The fraction of sp³-hybridized carbons (Fsp3) is 0.190. The molecule has 30 heavy (non-hydrogen) atoms. The van der Waals surface area contributed by atoms with Crippen LogP contribution >= 0.6 is 0 Å². The van der Waals surface area contributed by atoms with E-state index in [0.29, 0.717) is 0 Å². The second-order valence-corrected chi connectivity index (χ2v) is 6.52. The van der Waals surface area contributed by atoms with Crippen molar-refractivity contribution in [2.75, 3.05) is 24.4 Å². The Hall–Kier alpha value is -3.72. The van der Waals surface area contributed by atoms with E-state index in [1.54, 1.807) is 24.3 Å². The Balaban J connectivity index is 2.16. The first-order valence-corrected chi connectivity index (χ1v) is 9.15. The first-order valence-electron chi connectivity index (χ1n) is 9.15. The number of aromatic amines is 1. The molecule has 9 heteroatoms. The summed E-state index contributed by atoms with van der Waals surface area (Å²) < 4.78 is 19.8. The number of rotatable bonds is 7. The number of carbonyl (C=O) groups excluding carboxylic acids is 1. The van der Waals surface area contributed by atoms with Crippen LogP contribution in [0.2, 0.25) is 0 Å². The van der Waals surface area contributed by atoms with Crippen LogP contribution < -0.4 is 21.9 Å². The average Bonchev–Trinajstić information content (AvgIpc) is 2.73. The number of H-pyrrole nitrogens is 1. The zero-order chi connectivity index (χ0) is 21.7. The van der Waals surface area contributed by atoms with Crippen molar-refractivity contribution in [1.29, 1.82) is 0 Å². The Morgan fingerprint density at radius 3 is 2.57 bits per heavy atom. The predicted octanol–water partition coefficient (Wildman–Crippen LogP) is 1.75. The molecule has 0 fully saturated rings. The SMILES string of the molecule is COCCn1c(N)c(N(Cc2ccccc2)C(=O)c2cccc(F)c2)c(=O)[nH]c1=O. The Morgan fingerprint density at radius 2 is 1.90 bits per heavy atom. The molecular weight excluding hydrogens is 391 g/mol. The fourth-order valence-electron chi connectivity index (χ4n) is 3.04. The first-order chi connectivity index (χ1) is 14.4. The minimum atomic E-state index is -0.813. The van der Waals surface area contributed by atoms with Gasteiger partial charge in [-0.25, -0.2) is 9.18 Å². The number of ether oxygens (including phenoxy) is 1. The number of nitrogens with one attached hydrogen (secondary N) is 1. The molecule has 0 atom stereocenters. The van der Waals surface area contributed by atoms with Gasteiger partial charge in [0.05, 0.1) is 19.7 Å². The molecule has 1 amide bonds. The molecule has 156 valence electrons. The van der Waals surface area contributed by atoms with Gasteiger partial charge in [0.2, 0.25) is 0 Å². The monoisotopic (exact) mass is 412 g/mol. The Morgan fingerprint density at radius 1 is 1.17 bits per heavy atom.